The third-order valence-electron chi connectivity index (χ3n) is 6.14. The van der Waals surface area contributed by atoms with Gasteiger partial charge in [0.2, 0.25) is 0 Å². The molecular weight excluding hydrogens is 402 g/mol. The van der Waals surface area contributed by atoms with Crippen LogP contribution in [-0.4, -0.2) is 35.5 Å². The minimum absolute atomic E-state index is 0.00230. The molecule has 1 heterocycles. The van der Waals surface area contributed by atoms with Crippen LogP contribution in [0.3, 0.4) is 0 Å². The van der Waals surface area contributed by atoms with Crippen LogP contribution in [0.25, 0.3) is 0 Å². The summed E-state index contributed by atoms with van der Waals surface area (Å²) >= 11 is 0. The van der Waals surface area contributed by atoms with E-state index in [1.807, 2.05) is 91.0 Å². The maximum absolute atomic E-state index is 13.5. The fourth-order valence-electron chi connectivity index (χ4n) is 4.82. The summed E-state index contributed by atoms with van der Waals surface area (Å²) in [5.74, 6) is 0.00230. The Morgan fingerprint density at radius 1 is 0.875 bits per heavy atom. The van der Waals surface area contributed by atoms with Crippen LogP contribution in [0, 0.1) is 5.92 Å². The molecule has 3 atom stereocenters. The van der Waals surface area contributed by atoms with E-state index in [0.29, 0.717) is 5.56 Å². The Balaban J connectivity index is 1.87. The van der Waals surface area contributed by atoms with Crippen molar-refractivity contribution in [2.24, 2.45) is 5.92 Å². The molecular formula is C27H29NO4. The zero-order chi connectivity index (χ0) is 22.7. The number of nitrogens with zero attached hydrogens (tertiary/aromatic N) is 1. The molecule has 0 unspecified atom stereocenters. The second-order valence-electron chi connectivity index (χ2n) is 8.41. The number of amides is 1. The molecule has 3 aromatic carbocycles. The monoisotopic (exact) mass is 431 g/mol. The number of benzene rings is 3. The average molecular weight is 432 g/mol. The van der Waals surface area contributed by atoms with Gasteiger partial charge in [-0.2, -0.15) is 0 Å². The normalized spacial score (nSPS) is 19.6. The molecule has 0 bridgehead atoms. The maximum Gasteiger partial charge on any atom is 0.413 e. The highest BCUT2D eigenvalue weighted by Gasteiger charge is 2.60. The predicted molar refractivity (Wildman–Crippen MR) is 123 cm³/mol. The third-order valence-corrected chi connectivity index (χ3v) is 6.14. The summed E-state index contributed by atoms with van der Waals surface area (Å²) in [5, 5.41) is 11.2. The Hall–Kier alpha value is -3.15. The Morgan fingerprint density at radius 2 is 1.34 bits per heavy atom. The molecule has 1 aliphatic heterocycles. The molecule has 1 amide bonds. The number of aliphatic hydroxyl groups excluding tert-OH is 1. The number of ether oxygens (including phenoxy) is 2. The van der Waals surface area contributed by atoms with Crippen molar-refractivity contribution >= 4 is 6.09 Å². The van der Waals surface area contributed by atoms with Crippen molar-refractivity contribution in [3.63, 3.8) is 0 Å². The van der Waals surface area contributed by atoms with E-state index in [1.165, 1.54) is 7.11 Å². The van der Waals surface area contributed by atoms with Gasteiger partial charge >= 0.3 is 6.09 Å². The van der Waals surface area contributed by atoms with Gasteiger partial charge in [-0.1, -0.05) is 105 Å². The summed E-state index contributed by atoms with van der Waals surface area (Å²) in [6, 6.07) is 28.4. The molecule has 166 valence electrons. The van der Waals surface area contributed by atoms with Crippen LogP contribution in [0.2, 0.25) is 0 Å². The Bertz CT molecular complexity index is 984. The number of hydrogen-bond acceptors (Lipinski definition) is 4. The van der Waals surface area contributed by atoms with E-state index in [2.05, 4.69) is 13.8 Å². The first-order valence-electron chi connectivity index (χ1n) is 10.9. The Labute approximate surface area is 189 Å². The second kappa shape index (κ2) is 9.15. The van der Waals surface area contributed by atoms with E-state index in [9.17, 15) is 9.90 Å². The van der Waals surface area contributed by atoms with Crippen LogP contribution in [0.5, 0.6) is 0 Å². The predicted octanol–water partition coefficient (Wildman–Crippen LogP) is 5.11. The second-order valence-corrected chi connectivity index (χ2v) is 8.41. The van der Waals surface area contributed by atoms with Crippen LogP contribution >= 0.6 is 0 Å². The van der Waals surface area contributed by atoms with Gasteiger partial charge in [0.05, 0.1) is 6.04 Å². The number of carbonyl (C=O) groups is 1. The van der Waals surface area contributed by atoms with E-state index in [4.69, 9.17) is 9.47 Å². The third kappa shape index (κ3) is 3.68. The summed E-state index contributed by atoms with van der Waals surface area (Å²) in [7, 11) is 1.51. The van der Waals surface area contributed by atoms with Crippen molar-refractivity contribution < 1.29 is 19.4 Å². The summed E-state index contributed by atoms with van der Waals surface area (Å²) < 4.78 is 12.0. The van der Waals surface area contributed by atoms with Gasteiger partial charge in [0.25, 0.3) is 0 Å². The van der Waals surface area contributed by atoms with Crippen LogP contribution in [0.15, 0.2) is 91.0 Å². The van der Waals surface area contributed by atoms with E-state index in [-0.39, 0.29) is 5.92 Å². The number of hydrogen-bond donors (Lipinski definition) is 1. The number of cyclic esters (lactones) is 1. The minimum atomic E-state index is -1.04. The van der Waals surface area contributed by atoms with Crippen LogP contribution in [0.4, 0.5) is 4.79 Å². The van der Waals surface area contributed by atoms with Gasteiger partial charge in [-0.05, 0) is 11.5 Å². The van der Waals surface area contributed by atoms with E-state index in [0.717, 1.165) is 11.1 Å². The fourth-order valence-corrected chi connectivity index (χ4v) is 4.82. The average Bonchev–Trinajstić information content (AvgIpc) is 3.15. The largest absolute Gasteiger partial charge is 0.431 e. The first-order chi connectivity index (χ1) is 15.5. The van der Waals surface area contributed by atoms with Gasteiger partial charge in [-0.3, -0.25) is 4.90 Å². The van der Waals surface area contributed by atoms with Gasteiger partial charge in [-0.25, -0.2) is 4.79 Å². The van der Waals surface area contributed by atoms with Gasteiger partial charge in [0.1, 0.15) is 6.10 Å². The maximum atomic E-state index is 13.5. The lowest BCUT2D eigenvalue weighted by Crippen LogP contribution is -2.53. The van der Waals surface area contributed by atoms with Gasteiger partial charge in [-0.15, -0.1) is 0 Å². The standard InChI is InChI=1S/C27H29NO4/c1-19(2)24-27(21-15-9-5-10-16-21,22-17-11-6-12-18-22)32-26(30)28(24)25(31-3)23(29)20-13-7-4-8-14-20/h4-19,23-25,29H,1-3H3/t23-,24-,25-/m0/s1. The Morgan fingerprint density at radius 3 is 1.78 bits per heavy atom. The molecule has 5 heteroatoms. The number of carbonyl (C=O) groups excluding carboxylic acids is 1. The number of aliphatic hydroxyl groups is 1. The van der Waals surface area contributed by atoms with Crippen LogP contribution in [0.1, 0.15) is 36.6 Å². The van der Waals surface area contributed by atoms with Crippen molar-refractivity contribution in [1.82, 2.24) is 4.90 Å². The van der Waals surface area contributed by atoms with Crippen molar-refractivity contribution in [2.45, 2.75) is 37.8 Å². The first-order valence-corrected chi connectivity index (χ1v) is 10.9. The summed E-state index contributed by atoms with van der Waals surface area (Å²) in [5.41, 5.74) is 1.39. The van der Waals surface area contributed by atoms with Gasteiger partial charge in [0.15, 0.2) is 11.8 Å². The van der Waals surface area contributed by atoms with Gasteiger partial charge in [0, 0.05) is 18.2 Å². The van der Waals surface area contributed by atoms with E-state index in [1.54, 1.807) is 4.90 Å². The molecule has 1 N–H and O–H groups in total. The number of rotatable bonds is 7. The lowest BCUT2D eigenvalue weighted by atomic mass is 9.75. The lowest BCUT2D eigenvalue weighted by molar-refractivity contribution is -0.105. The molecule has 4 rings (SSSR count). The van der Waals surface area contributed by atoms with Crippen molar-refractivity contribution in [1.29, 1.82) is 0 Å². The minimum Gasteiger partial charge on any atom is -0.431 e. The molecule has 0 spiro atoms. The van der Waals surface area contributed by atoms with E-state index >= 15 is 0 Å². The SMILES string of the molecule is CO[C@@H]([C@@H](O)c1ccccc1)N1C(=O)OC(c2ccccc2)(c2ccccc2)[C@@H]1C(C)C. The summed E-state index contributed by atoms with van der Waals surface area (Å²) in [6.07, 6.45) is -2.46. The quantitative estimate of drug-likeness (QED) is 0.565. The molecule has 32 heavy (non-hydrogen) atoms. The molecule has 0 aromatic heterocycles. The molecule has 3 aromatic rings. The molecule has 0 saturated carbocycles. The zero-order valence-electron chi connectivity index (χ0n) is 18.6. The van der Waals surface area contributed by atoms with Crippen molar-refractivity contribution in [3.8, 4) is 0 Å². The van der Waals surface area contributed by atoms with Crippen LogP contribution in [-0.2, 0) is 15.1 Å². The first kappa shape index (κ1) is 22.1. The van der Waals surface area contributed by atoms with Gasteiger partial charge < -0.3 is 14.6 Å². The highest BCUT2D eigenvalue weighted by atomic mass is 16.6. The van der Waals surface area contributed by atoms with Crippen molar-refractivity contribution in [3.05, 3.63) is 108 Å². The summed E-state index contributed by atoms with van der Waals surface area (Å²) in [4.78, 5) is 15.1. The molecule has 5 nitrogen and oxygen atoms in total. The summed E-state index contributed by atoms with van der Waals surface area (Å²) in [6.45, 7) is 4.11. The lowest BCUT2D eigenvalue weighted by Gasteiger charge is -2.41. The smallest absolute Gasteiger partial charge is 0.413 e. The van der Waals surface area contributed by atoms with E-state index < -0.39 is 30.1 Å². The molecule has 0 radical (unpaired) electrons. The molecule has 1 aliphatic rings. The van der Waals surface area contributed by atoms with Crippen LogP contribution < -0.4 is 0 Å². The molecule has 1 fully saturated rings. The topological polar surface area (TPSA) is 59.0 Å². The Kier molecular flexibility index (Phi) is 6.31. The highest BCUT2D eigenvalue weighted by molar-refractivity contribution is 5.74. The fraction of sp³-hybridized carbons (Fsp3) is 0.296. The number of methoxy groups -OCH3 is 1. The zero-order valence-corrected chi connectivity index (χ0v) is 18.6. The highest BCUT2D eigenvalue weighted by Crippen LogP contribution is 2.48. The van der Waals surface area contributed by atoms with Crippen molar-refractivity contribution in [2.75, 3.05) is 7.11 Å². The molecule has 1 saturated heterocycles. The molecule has 0 aliphatic carbocycles.